The molecule has 0 saturated heterocycles. The number of thioether (sulfide) groups is 3. The molecular weight excluding hydrogens is 685 g/mol. The van der Waals surface area contributed by atoms with Gasteiger partial charge in [0.25, 0.3) is 0 Å². The first-order valence-electron chi connectivity index (χ1n) is 19.1. The number of hydrogen-bond donors (Lipinski definition) is 0. The monoisotopic (exact) mass is 726 g/mol. The van der Waals surface area contributed by atoms with Crippen LogP contribution in [0.2, 0.25) is 0 Å². The Morgan fingerprint density at radius 3 is 2.35 bits per heavy atom. The number of rotatable bonds is 2. The minimum atomic E-state index is -0.0426. The molecule has 0 bridgehead atoms. The Morgan fingerprint density at radius 1 is 0.654 bits per heavy atom. The molecule has 7 aliphatic rings. The van der Waals surface area contributed by atoms with Gasteiger partial charge in [-0.25, -0.2) is 0 Å². The molecule has 256 valence electrons. The van der Waals surface area contributed by atoms with Crippen LogP contribution in [0.5, 0.6) is 0 Å². The molecule has 4 aromatic carbocycles. The summed E-state index contributed by atoms with van der Waals surface area (Å²) in [5, 5.41) is 0. The van der Waals surface area contributed by atoms with Crippen LogP contribution < -0.4 is 0 Å². The highest BCUT2D eigenvalue weighted by Gasteiger charge is 2.46. The van der Waals surface area contributed by atoms with E-state index in [1.54, 1.807) is 37.0 Å². The molecule has 3 heteroatoms. The Kier molecular flexibility index (Phi) is 7.01. The van der Waals surface area contributed by atoms with Crippen LogP contribution in [0.3, 0.4) is 0 Å². The molecule has 2 aliphatic heterocycles. The Morgan fingerprint density at radius 2 is 1.44 bits per heavy atom. The van der Waals surface area contributed by atoms with Gasteiger partial charge in [0.15, 0.2) is 0 Å². The summed E-state index contributed by atoms with van der Waals surface area (Å²) in [7, 11) is 0. The fourth-order valence-electron chi connectivity index (χ4n) is 10.1. The minimum absolute atomic E-state index is 0.0426. The predicted octanol–water partition coefficient (Wildman–Crippen LogP) is 14.4. The molecule has 0 radical (unpaired) electrons. The van der Waals surface area contributed by atoms with E-state index in [2.05, 4.69) is 143 Å². The van der Waals surface area contributed by atoms with Crippen LogP contribution in [-0.4, -0.2) is 0 Å². The summed E-state index contributed by atoms with van der Waals surface area (Å²) in [6.07, 6.45) is 21.2. The van der Waals surface area contributed by atoms with Gasteiger partial charge >= 0.3 is 0 Å². The van der Waals surface area contributed by atoms with Crippen LogP contribution in [-0.2, 0) is 17.3 Å². The molecule has 0 amide bonds. The maximum atomic E-state index is 2.50. The number of fused-ring (bicyclic) bond motifs is 10. The molecule has 1 unspecified atom stereocenters. The van der Waals surface area contributed by atoms with Crippen molar-refractivity contribution in [2.24, 2.45) is 5.92 Å². The Labute approximate surface area is 321 Å². The van der Waals surface area contributed by atoms with E-state index >= 15 is 0 Å². The first-order valence-corrected chi connectivity index (χ1v) is 21.5. The van der Waals surface area contributed by atoms with E-state index in [9.17, 15) is 0 Å². The van der Waals surface area contributed by atoms with Crippen molar-refractivity contribution >= 4 is 46.4 Å². The number of benzene rings is 4. The second kappa shape index (κ2) is 11.4. The van der Waals surface area contributed by atoms with Gasteiger partial charge < -0.3 is 0 Å². The molecule has 2 heterocycles. The van der Waals surface area contributed by atoms with Gasteiger partial charge in [-0.1, -0.05) is 148 Å². The summed E-state index contributed by atoms with van der Waals surface area (Å²) in [6, 6.07) is 26.4. The number of hydrogen-bond acceptors (Lipinski definition) is 3. The maximum absolute atomic E-state index is 2.50. The molecule has 52 heavy (non-hydrogen) atoms. The van der Waals surface area contributed by atoms with Gasteiger partial charge in [-0.2, -0.15) is 0 Å². The van der Waals surface area contributed by atoms with Crippen molar-refractivity contribution in [3.8, 4) is 22.3 Å². The maximum Gasteiger partial charge on any atom is 0.0340 e. The average molecular weight is 727 g/mol. The highest BCUT2D eigenvalue weighted by Crippen LogP contribution is 2.61. The van der Waals surface area contributed by atoms with Crippen molar-refractivity contribution in [3.05, 3.63) is 157 Å². The van der Waals surface area contributed by atoms with E-state index in [0.717, 1.165) is 25.7 Å². The summed E-state index contributed by atoms with van der Waals surface area (Å²) in [6.45, 7) is 9.83. The van der Waals surface area contributed by atoms with Crippen molar-refractivity contribution < 1.29 is 0 Å². The zero-order valence-electron chi connectivity index (χ0n) is 30.4. The molecule has 0 saturated carbocycles. The van der Waals surface area contributed by atoms with Crippen LogP contribution >= 0.6 is 35.3 Å². The zero-order valence-corrected chi connectivity index (χ0v) is 32.8. The van der Waals surface area contributed by atoms with Gasteiger partial charge in [0.05, 0.1) is 0 Å². The van der Waals surface area contributed by atoms with E-state index in [1.807, 2.05) is 23.5 Å². The third-order valence-electron chi connectivity index (χ3n) is 13.0. The van der Waals surface area contributed by atoms with E-state index in [4.69, 9.17) is 0 Å². The summed E-state index contributed by atoms with van der Waals surface area (Å²) in [4.78, 5) is 9.01. The largest absolute Gasteiger partial charge is 0.0933 e. The summed E-state index contributed by atoms with van der Waals surface area (Å²) in [5.74, 6) is 0.484. The van der Waals surface area contributed by atoms with E-state index < -0.39 is 0 Å². The number of allylic oxidation sites excluding steroid dienone is 11. The quantitative estimate of drug-likeness (QED) is 0.202. The lowest BCUT2D eigenvalue weighted by molar-refractivity contribution is 0.418. The molecular formula is C49H42S3. The lowest BCUT2D eigenvalue weighted by atomic mass is 9.72. The highest BCUT2D eigenvalue weighted by molar-refractivity contribution is 8.09. The third-order valence-corrected chi connectivity index (χ3v) is 17.1. The first-order chi connectivity index (χ1) is 25.3. The standard InChI is InChI=1S/C49H42S3/c1-48(2)36-21-18-33-25-32-10-5-6-13-40(32)51-46(33)44(36)34-19-16-30(26-38(34)48)28-11-9-12-29(24-28)31-17-20-35-39(27-31)49(3,4)37-22-23-43-47(45(35)37)52-42-15-8-7-14-41(42)50-43/h5,7,9-12,14,16-24,27,38H,6,8,13,15,25-26H2,1-4H3. The SMILES string of the molecule is CC1(C)c2cc(-c3cccc(C4=CC=C5c6c(ccc7c6SC6=C(C=CCC6)C7)C(C)(C)C5C4)c3)ccc2-c2c1ccc1c2SC2=C(C=CCC2)S1. The van der Waals surface area contributed by atoms with Crippen LogP contribution in [0.25, 0.3) is 33.4 Å². The van der Waals surface area contributed by atoms with Crippen molar-refractivity contribution in [2.45, 2.75) is 91.7 Å². The van der Waals surface area contributed by atoms with Gasteiger partial charge in [0.2, 0.25) is 0 Å². The smallest absolute Gasteiger partial charge is 0.0340 e. The van der Waals surface area contributed by atoms with E-state index in [1.165, 1.54) is 77.6 Å². The van der Waals surface area contributed by atoms with Gasteiger partial charge in [0, 0.05) is 35.5 Å². The fourth-order valence-corrected chi connectivity index (χ4v) is 14.0. The lowest BCUT2D eigenvalue weighted by Gasteiger charge is -2.31. The van der Waals surface area contributed by atoms with Crippen LogP contribution in [0, 0.1) is 5.92 Å². The van der Waals surface area contributed by atoms with Crippen molar-refractivity contribution in [2.75, 3.05) is 0 Å². The Bertz CT molecular complexity index is 2490. The molecule has 11 rings (SSSR count). The minimum Gasteiger partial charge on any atom is -0.0933 e. The average Bonchev–Trinajstić information content (AvgIpc) is 3.55. The molecule has 0 aromatic heterocycles. The molecule has 1 atom stereocenters. The summed E-state index contributed by atoms with van der Waals surface area (Å²) < 4.78 is 0. The lowest BCUT2D eigenvalue weighted by Crippen LogP contribution is -2.24. The fraction of sp³-hybridized carbons (Fsp3) is 0.265. The molecule has 4 aromatic rings. The zero-order chi connectivity index (χ0) is 34.9. The normalized spacial score (nSPS) is 22.3. The molecule has 0 N–H and O–H groups in total. The first kappa shape index (κ1) is 31.9. The predicted molar refractivity (Wildman–Crippen MR) is 225 cm³/mol. The van der Waals surface area contributed by atoms with Crippen LogP contribution in [0.1, 0.15) is 93.2 Å². The molecule has 0 spiro atoms. The highest BCUT2D eigenvalue weighted by atomic mass is 32.2. The topological polar surface area (TPSA) is 0 Å². The molecule has 0 nitrogen and oxygen atoms in total. The van der Waals surface area contributed by atoms with Crippen molar-refractivity contribution in [3.63, 3.8) is 0 Å². The molecule has 5 aliphatic carbocycles. The van der Waals surface area contributed by atoms with Crippen molar-refractivity contribution in [1.29, 1.82) is 0 Å². The van der Waals surface area contributed by atoms with E-state index in [-0.39, 0.29) is 10.8 Å². The third kappa shape index (κ3) is 4.58. The second-order valence-electron chi connectivity index (χ2n) is 16.7. The van der Waals surface area contributed by atoms with Gasteiger partial charge in [-0.05, 0) is 140 Å². The summed E-state index contributed by atoms with van der Waals surface area (Å²) in [5.41, 5.74) is 19.0. The Hall–Kier alpha value is -3.63. The van der Waals surface area contributed by atoms with Gasteiger partial charge in [-0.3, -0.25) is 0 Å². The Balaban J connectivity index is 0.939. The van der Waals surface area contributed by atoms with Gasteiger partial charge in [-0.15, -0.1) is 0 Å². The van der Waals surface area contributed by atoms with E-state index in [0.29, 0.717) is 5.92 Å². The molecule has 0 fully saturated rings. The van der Waals surface area contributed by atoms with Crippen LogP contribution in [0.4, 0.5) is 0 Å². The second-order valence-corrected chi connectivity index (χ2v) is 19.9. The van der Waals surface area contributed by atoms with Crippen LogP contribution in [0.15, 0.2) is 138 Å². The summed E-state index contributed by atoms with van der Waals surface area (Å²) >= 11 is 6.07. The van der Waals surface area contributed by atoms with Gasteiger partial charge in [0.1, 0.15) is 0 Å². The van der Waals surface area contributed by atoms with Crippen molar-refractivity contribution in [1.82, 2.24) is 0 Å².